The molecule has 0 aromatic rings. The van der Waals surface area contributed by atoms with Crippen molar-refractivity contribution in [3.05, 3.63) is 0 Å². The average molecular weight is 505 g/mol. The largest absolute Gasteiger partial charge is 0.480 e. The highest BCUT2D eigenvalue weighted by molar-refractivity contribution is 5.83. The average Bonchev–Trinajstić information content (AvgIpc) is 3.15. The van der Waals surface area contributed by atoms with Gasteiger partial charge < -0.3 is 20.8 Å². The summed E-state index contributed by atoms with van der Waals surface area (Å²) >= 11 is 0. The molecule has 3 saturated carbocycles. The first-order valence-electron chi connectivity index (χ1n) is 14.9. The van der Waals surface area contributed by atoms with E-state index in [-0.39, 0.29) is 23.3 Å². The van der Waals surface area contributed by atoms with Crippen molar-refractivity contribution in [2.45, 2.75) is 111 Å². The van der Waals surface area contributed by atoms with Crippen LogP contribution in [0.15, 0.2) is 0 Å². The van der Waals surface area contributed by atoms with Gasteiger partial charge in [0.15, 0.2) is 0 Å². The second kappa shape index (κ2) is 10.9. The van der Waals surface area contributed by atoms with Gasteiger partial charge in [-0.25, -0.2) is 4.79 Å². The molecule has 36 heavy (non-hydrogen) atoms. The Balaban J connectivity index is 1.34. The van der Waals surface area contributed by atoms with Crippen LogP contribution in [-0.4, -0.2) is 47.3 Å². The van der Waals surface area contributed by atoms with Crippen LogP contribution >= 0.6 is 0 Å². The summed E-state index contributed by atoms with van der Waals surface area (Å²) in [5.41, 5.74) is 0.655. The fourth-order valence-electron chi connectivity index (χ4n) is 9.58. The maximum atomic E-state index is 12.5. The van der Waals surface area contributed by atoms with Gasteiger partial charge in [0.25, 0.3) is 0 Å². The van der Waals surface area contributed by atoms with Gasteiger partial charge in [0.2, 0.25) is 5.91 Å². The molecule has 0 unspecified atom stereocenters. The summed E-state index contributed by atoms with van der Waals surface area (Å²) in [5, 5.41) is 27.1. The first-order valence-corrected chi connectivity index (χ1v) is 14.9. The van der Waals surface area contributed by atoms with E-state index in [1.807, 2.05) is 13.8 Å². The summed E-state index contributed by atoms with van der Waals surface area (Å²) in [6.07, 6.45) is 9.71. The molecule has 1 heterocycles. The number of carbonyl (C=O) groups is 2. The van der Waals surface area contributed by atoms with Crippen molar-refractivity contribution in [3.8, 4) is 0 Å². The molecule has 1 saturated heterocycles. The standard InChI is InChI=1S/C30H52N2O4/c1-18(2)15-24(28(35)36)32-26(34)8-6-7-19(3)21-9-10-22-27-23(11-12-30(21,22)5)29(4)13-14-31-17-20(29)16-25(27)33/h18-25,27,31,33H,6-17H2,1-5H3,(H,32,34)(H,35,36)/t19-,20-,21-,22+,23+,24+,25+,27+,29+,30-/m1/s1. The lowest BCUT2D eigenvalue weighted by Gasteiger charge is -2.62. The van der Waals surface area contributed by atoms with Crippen molar-refractivity contribution >= 4 is 11.9 Å². The first kappa shape index (κ1) is 27.9. The minimum absolute atomic E-state index is 0.138. The second-order valence-electron chi connectivity index (χ2n) is 13.9. The van der Waals surface area contributed by atoms with Gasteiger partial charge in [-0.2, -0.15) is 0 Å². The third kappa shape index (κ3) is 5.23. The van der Waals surface area contributed by atoms with Crippen LogP contribution in [0.2, 0.25) is 0 Å². The molecule has 3 aliphatic carbocycles. The van der Waals surface area contributed by atoms with Gasteiger partial charge in [-0.3, -0.25) is 4.79 Å². The Hall–Kier alpha value is -1.14. The monoisotopic (exact) mass is 504 g/mol. The number of piperidine rings is 1. The van der Waals surface area contributed by atoms with Crippen molar-refractivity contribution in [2.24, 2.45) is 52.3 Å². The van der Waals surface area contributed by atoms with Gasteiger partial charge in [-0.05, 0) is 123 Å². The molecule has 0 radical (unpaired) electrons. The van der Waals surface area contributed by atoms with Crippen LogP contribution in [-0.2, 0) is 9.59 Å². The molecule has 206 valence electrons. The summed E-state index contributed by atoms with van der Waals surface area (Å²) in [5.74, 6) is 2.64. The fraction of sp³-hybridized carbons (Fsp3) is 0.933. The molecule has 4 N–H and O–H groups in total. The Morgan fingerprint density at radius 1 is 1.06 bits per heavy atom. The Morgan fingerprint density at radius 2 is 1.78 bits per heavy atom. The van der Waals surface area contributed by atoms with Crippen LogP contribution in [0.4, 0.5) is 0 Å². The highest BCUT2D eigenvalue weighted by Crippen LogP contribution is 2.67. The number of hydrogen-bond donors (Lipinski definition) is 4. The maximum absolute atomic E-state index is 12.5. The number of aliphatic carboxylic acids is 1. The summed E-state index contributed by atoms with van der Waals surface area (Å²) in [7, 11) is 0. The molecule has 0 aromatic heterocycles. The molecule has 4 aliphatic rings. The third-order valence-electron chi connectivity index (χ3n) is 11.5. The topological polar surface area (TPSA) is 98.7 Å². The van der Waals surface area contributed by atoms with Gasteiger partial charge in [-0.15, -0.1) is 0 Å². The highest BCUT2D eigenvalue weighted by Gasteiger charge is 2.62. The zero-order valence-corrected chi connectivity index (χ0v) is 23.4. The number of hydrogen-bond acceptors (Lipinski definition) is 4. The van der Waals surface area contributed by atoms with Crippen molar-refractivity contribution in [1.82, 2.24) is 10.6 Å². The zero-order chi connectivity index (χ0) is 26.3. The predicted octanol–water partition coefficient (Wildman–Crippen LogP) is 4.85. The number of fused-ring (bicyclic) bond motifs is 5. The van der Waals surface area contributed by atoms with Crippen molar-refractivity contribution < 1.29 is 19.8 Å². The lowest BCUT2D eigenvalue weighted by atomic mass is 9.45. The summed E-state index contributed by atoms with van der Waals surface area (Å²) in [6.45, 7) is 13.5. The molecule has 4 fully saturated rings. The number of carbonyl (C=O) groups excluding carboxylic acids is 1. The molecule has 6 nitrogen and oxygen atoms in total. The Labute approximate surface area is 218 Å². The Bertz CT molecular complexity index is 802. The molecule has 0 bridgehead atoms. The van der Waals surface area contributed by atoms with Crippen LogP contribution in [0.25, 0.3) is 0 Å². The summed E-state index contributed by atoms with van der Waals surface area (Å²) in [4.78, 5) is 23.9. The zero-order valence-electron chi connectivity index (χ0n) is 23.4. The minimum Gasteiger partial charge on any atom is -0.480 e. The predicted molar refractivity (Wildman–Crippen MR) is 142 cm³/mol. The van der Waals surface area contributed by atoms with Crippen LogP contribution < -0.4 is 10.6 Å². The Kier molecular flexibility index (Phi) is 8.46. The van der Waals surface area contributed by atoms with Gasteiger partial charge >= 0.3 is 5.97 Å². The van der Waals surface area contributed by atoms with Gasteiger partial charge in [0.1, 0.15) is 6.04 Å². The number of amides is 1. The minimum atomic E-state index is -0.944. The Morgan fingerprint density at radius 3 is 2.47 bits per heavy atom. The van der Waals surface area contributed by atoms with Crippen molar-refractivity contribution in [2.75, 3.05) is 13.1 Å². The lowest BCUT2D eigenvalue weighted by molar-refractivity contribution is -0.161. The van der Waals surface area contributed by atoms with E-state index in [1.54, 1.807) is 0 Å². The van der Waals surface area contributed by atoms with Gasteiger partial charge in [0, 0.05) is 6.42 Å². The molecule has 10 atom stereocenters. The van der Waals surface area contributed by atoms with Crippen LogP contribution in [0.3, 0.4) is 0 Å². The first-order chi connectivity index (χ1) is 17.0. The SMILES string of the molecule is CC(C)C[C@H](NC(=O)CCC[C@@H](C)[C@H]1CC[C@H]2[C@@H]3[C@@H](O)C[C@@H]4CNCC[C@]4(C)[C@H]3CC[C@]12C)C(=O)O. The smallest absolute Gasteiger partial charge is 0.326 e. The van der Waals surface area contributed by atoms with Crippen molar-refractivity contribution in [1.29, 1.82) is 0 Å². The van der Waals surface area contributed by atoms with E-state index < -0.39 is 12.0 Å². The molecular weight excluding hydrogens is 452 g/mol. The number of aliphatic hydroxyl groups excluding tert-OH is 1. The molecule has 1 amide bonds. The van der Waals surface area contributed by atoms with E-state index in [0.29, 0.717) is 53.8 Å². The number of carboxylic acid groups (broad SMARTS) is 1. The molecular formula is C30H52N2O4. The highest BCUT2D eigenvalue weighted by atomic mass is 16.4. The van der Waals surface area contributed by atoms with Crippen molar-refractivity contribution in [3.63, 3.8) is 0 Å². The molecule has 1 aliphatic heterocycles. The second-order valence-corrected chi connectivity index (χ2v) is 13.9. The summed E-state index contributed by atoms with van der Waals surface area (Å²) in [6, 6.07) is -0.789. The van der Waals surface area contributed by atoms with E-state index in [9.17, 15) is 19.8 Å². The van der Waals surface area contributed by atoms with Crippen LogP contribution in [0.1, 0.15) is 98.8 Å². The number of rotatable bonds is 9. The van der Waals surface area contributed by atoms with E-state index in [2.05, 4.69) is 31.4 Å². The number of nitrogens with one attached hydrogen (secondary N) is 2. The number of carboxylic acids is 1. The lowest BCUT2D eigenvalue weighted by Crippen LogP contribution is -2.60. The quantitative estimate of drug-likeness (QED) is 0.360. The summed E-state index contributed by atoms with van der Waals surface area (Å²) < 4.78 is 0. The molecule has 6 heteroatoms. The van der Waals surface area contributed by atoms with Crippen LogP contribution in [0.5, 0.6) is 0 Å². The third-order valence-corrected chi connectivity index (χ3v) is 11.5. The number of aliphatic hydroxyl groups is 1. The van der Waals surface area contributed by atoms with Gasteiger partial charge in [-0.1, -0.05) is 34.6 Å². The van der Waals surface area contributed by atoms with Gasteiger partial charge in [0.05, 0.1) is 6.10 Å². The normalized spacial score (nSPS) is 41.6. The van der Waals surface area contributed by atoms with Crippen LogP contribution in [0, 0.1) is 52.3 Å². The van der Waals surface area contributed by atoms with E-state index >= 15 is 0 Å². The fourth-order valence-corrected chi connectivity index (χ4v) is 9.58. The maximum Gasteiger partial charge on any atom is 0.326 e. The van der Waals surface area contributed by atoms with E-state index in [0.717, 1.165) is 32.4 Å². The molecule has 0 spiro atoms. The van der Waals surface area contributed by atoms with E-state index in [1.165, 1.54) is 32.1 Å². The molecule has 4 rings (SSSR count). The van der Waals surface area contributed by atoms with E-state index in [4.69, 9.17) is 0 Å². The molecule has 0 aromatic carbocycles.